The van der Waals surface area contributed by atoms with Crippen LogP contribution in [0.3, 0.4) is 0 Å². The van der Waals surface area contributed by atoms with Gasteiger partial charge in [0.25, 0.3) is 17.7 Å². The molecule has 8 rings (SSSR count). The van der Waals surface area contributed by atoms with Crippen molar-refractivity contribution < 1.29 is 28.7 Å². The number of allylic oxidation sites excluding steroid dienone is 2. The number of esters is 1. The molecule has 4 aliphatic carbocycles. The fourth-order valence-electron chi connectivity index (χ4n) is 6.89. The number of benzene rings is 3. The van der Waals surface area contributed by atoms with Crippen molar-refractivity contribution in [2.24, 2.45) is 35.5 Å². The van der Waals surface area contributed by atoms with Gasteiger partial charge in [-0.3, -0.25) is 19.2 Å². The van der Waals surface area contributed by atoms with Crippen LogP contribution in [0.4, 0.5) is 0 Å². The molecule has 216 valence electrons. The number of amides is 3. The fourth-order valence-corrected chi connectivity index (χ4v) is 7.38. The summed E-state index contributed by atoms with van der Waals surface area (Å²) < 4.78 is 5.39. The number of imide groups is 1. The first kappa shape index (κ1) is 27.6. The SMILES string of the molecule is O=C(CN(C(=O)c1ccc(Cl)cc1Cl)N1C(=O)[C@@H]2[C@H]3C=C[C@@H]([C@@H]4C[C@H]34)[C@@H]2C1=O)c1ccc(OC(=O)c2ccccc2)cc1. The smallest absolute Gasteiger partial charge is 0.343 e. The number of rotatable bonds is 7. The van der Waals surface area contributed by atoms with Crippen molar-refractivity contribution in [2.45, 2.75) is 6.42 Å². The van der Waals surface area contributed by atoms with Crippen LogP contribution in [0.2, 0.25) is 10.0 Å². The molecule has 0 spiro atoms. The number of nitrogens with zero attached hydrogens (tertiary/aromatic N) is 2. The normalized spacial score (nSPS) is 26.1. The van der Waals surface area contributed by atoms with E-state index in [1.165, 1.54) is 42.5 Å². The first-order valence-electron chi connectivity index (χ1n) is 14.0. The molecule has 3 fully saturated rings. The van der Waals surface area contributed by atoms with Crippen molar-refractivity contribution in [1.82, 2.24) is 10.0 Å². The average Bonchev–Trinajstić information content (AvgIpc) is 3.79. The summed E-state index contributed by atoms with van der Waals surface area (Å²) in [6.45, 7) is -0.590. The minimum absolute atomic E-state index is 0.00135. The van der Waals surface area contributed by atoms with Crippen LogP contribution in [0.15, 0.2) is 84.9 Å². The number of hydrogen-bond donors (Lipinski definition) is 0. The highest BCUT2D eigenvalue weighted by Crippen LogP contribution is 2.65. The summed E-state index contributed by atoms with van der Waals surface area (Å²) in [5.41, 5.74) is 0.569. The fraction of sp³-hybridized carbons (Fsp3) is 0.242. The first-order valence-corrected chi connectivity index (χ1v) is 14.7. The number of hydrogen-bond acceptors (Lipinski definition) is 6. The van der Waals surface area contributed by atoms with Gasteiger partial charge in [-0.15, -0.1) is 0 Å². The van der Waals surface area contributed by atoms with Gasteiger partial charge in [0.15, 0.2) is 5.78 Å². The van der Waals surface area contributed by atoms with Crippen LogP contribution in [0.1, 0.15) is 37.5 Å². The number of carbonyl (C=O) groups excluding carboxylic acids is 5. The summed E-state index contributed by atoms with van der Waals surface area (Å²) in [5.74, 6) is -3.06. The molecular formula is C33H24Cl2N2O6. The highest BCUT2D eigenvalue weighted by molar-refractivity contribution is 6.36. The van der Waals surface area contributed by atoms with Crippen molar-refractivity contribution in [1.29, 1.82) is 0 Å². The van der Waals surface area contributed by atoms with Crippen molar-refractivity contribution in [2.75, 3.05) is 6.54 Å². The molecule has 2 saturated carbocycles. The molecule has 10 heteroatoms. The third kappa shape index (κ3) is 4.65. The van der Waals surface area contributed by atoms with Crippen LogP contribution in [0, 0.1) is 35.5 Å². The second-order valence-corrected chi connectivity index (χ2v) is 12.2. The minimum Gasteiger partial charge on any atom is -0.423 e. The van der Waals surface area contributed by atoms with Gasteiger partial charge in [0.1, 0.15) is 12.3 Å². The Labute approximate surface area is 256 Å². The second kappa shape index (κ2) is 10.5. The Morgan fingerprint density at radius 2 is 1.44 bits per heavy atom. The molecule has 5 aliphatic rings. The van der Waals surface area contributed by atoms with Gasteiger partial charge in [-0.2, -0.15) is 5.01 Å². The summed E-state index contributed by atoms with van der Waals surface area (Å²) >= 11 is 12.4. The lowest BCUT2D eigenvalue weighted by Gasteiger charge is -2.37. The molecule has 3 aromatic rings. The molecule has 0 unspecified atom stereocenters. The summed E-state index contributed by atoms with van der Waals surface area (Å²) in [6.07, 6.45) is 5.07. The van der Waals surface area contributed by atoms with E-state index in [-0.39, 0.29) is 33.7 Å². The number of ketones is 1. The molecule has 1 saturated heterocycles. The average molecular weight is 615 g/mol. The number of halogens is 2. The Morgan fingerprint density at radius 3 is 2.05 bits per heavy atom. The maximum atomic E-state index is 13.9. The molecule has 0 N–H and O–H groups in total. The third-order valence-corrected chi connectivity index (χ3v) is 9.51. The predicted octanol–water partition coefficient (Wildman–Crippen LogP) is 5.51. The van der Waals surface area contributed by atoms with Gasteiger partial charge in [-0.1, -0.05) is 53.6 Å². The Hall–Kier alpha value is -4.27. The number of carbonyl (C=O) groups is 5. The van der Waals surface area contributed by atoms with E-state index >= 15 is 0 Å². The number of Topliss-reactive ketones (excluding diaryl/α,β-unsaturated/α-hetero) is 1. The zero-order valence-corrected chi connectivity index (χ0v) is 24.1. The van der Waals surface area contributed by atoms with E-state index in [0.717, 1.165) is 16.4 Å². The predicted molar refractivity (Wildman–Crippen MR) is 156 cm³/mol. The van der Waals surface area contributed by atoms with Crippen LogP contribution in [0.5, 0.6) is 5.75 Å². The van der Waals surface area contributed by atoms with Crippen LogP contribution < -0.4 is 4.74 Å². The van der Waals surface area contributed by atoms with Gasteiger partial charge in [-0.05, 0) is 84.7 Å². The highest BCUT2D eigenvalue weighted by Gasteiger charge is 2.68. The topological polar surface area (TPSA) is 101 Å². The van der Waals surface area contributed by atoms with Crippen LogP contribution >= 0.6 is 23.2 Å². The van der Waals surface area contributed by atoms with Gasteiger partial charge in [0.2, 0.25) is 0 Å². The van der Waals surface area contributed by atoms with Gasteiger partial charge >= 0.3 is 5.97 Å². The lowest BCUT2D eigenvalue weighted by molar-refractivity contribution is -0.154. The number of hydrazine groups is 1. The molecule has 43 heavy (non-hydrogen) atoms. The maximum Gasteiger partial charge on any atom is 0.343 e. The van der Waals surface area contributed by atoms with Crippen molar-refractivity contribution in [3.63, 3.8) is 0 Å². The highest BCUT2D eigenvalue weighted by atomic mass is 35.5. The lowest BCUT2D eigenvalue weighted by Crippen LogP contribution is -2.52. The van der Waals surface area contributed by atoms with E-state index in [0.29, 0.717) is 22.4 Å². The standard InChI is InChI=1S/C33H24Cl2N2O6/c34-19-8-11-23(26(35)14-19)30(39)36(37-31(40)28-21-12-13-22(25-15-24(21)25)29(28)32(37)41)16-27(38)17-6-9-20(10-7-17)43-33(42)18-4-2-1-3-5-18/h1-14,21-22,24-25,28-29H,15-16H2/t21-,22-,24-,25+,28-,29+/m0/s1. The number of ether oxygens (including phenoxy) is 1. The van der Waals surface area contributed by atoms with Crippen molar-refractivity contribution in [3.05, 3.63) is 112 Å². The Balaban J connectivity index is 1.16. The third-order valence-electron chi connectivity index (χ3n) is 8.97. The molecular weight excluding hydrogens is 591 g/mol. The van der Waals surface area contributed by atoms with E-state index in [4.69, 9.17) is 27.9 Å². The molecule has 3 amide bonds. The van der Waals surface area contributed by atoms with Crippen molar-refractivity contribution >= 4 is 52.7 Å². The summed E-state index contributed by atoms with van der Waals surface area (Å²) in [4.78, 5) is 67.6. The van der Waals surface area contributed by atoms with E-state index < -0.39 is 47.9 Å². The molecule has 3 aromatic carbocycles. The second-order valence-electron chi connectivity index (χ2n) is 11.3. The molecule has 0 aromatic heterocycles. The van der Waals surface area contributed by atoms with Gasteiger partial charge in [0.05, 0.1) is 28.0 Å². The van der Waals surface area contributed by atoms with E-state index in [1.807, 2.05) is 12.2 Å². The van der Waals surface area contributed by atoms with E-state index in [1.54, 1.807) is 30.3 Å². The molecule has 6 atom stereocenters. The van der Waals surface area contributed by atoms with Crippen LogP contribution in [0.25, 0.3) is 0 Å². The molecule has 8 nitrogen and oxygen atoms in total. The van der Waals surface area contributed by atoms with E-state index in [2.05, 4.69) is 0 Å². The summed E-state index contributed by atoms with van der Waals surface area (Å²) in [7, 11) is 0. The first-order chi connectivity index (χ1) is 20.7. The zero-order chi connectivity index (χ0) is 30.0. The molecule has 1 heterocycles. The van der Waals surface area contributed by atoms with Crippen LogP contribution in [-0.2, 0) is 9.59 Å². The van der Waals surface area contributed by atoms with Crippen molar-refractivity contribution in [3.8, 4) is 5.75 Å². The van der Waals surface area contributed by atoms with Crippen LogP contribution in [-0.4, -0.2) is 46.0 Å². The minimum atomic E-state index is -0.769. The summed E-state index contributed by atoms with van der Waals surface area (Å²) in [6, 6.07) is 18.6. The molecule has 2 bridgehead atoms. The summed E-state index contributed by atoms with van der Waals surface area (Å²) in [5, 5.41) is 2.11. The van der Waals surface area contributed by atoms with Gasteiger partial charge in [0, 0.05) is 10.6 Å². The van der Waals surface area contributed by atoms with E-state index in [9.17, 15) is 24.0 Å². The lowest BCUT2D eigenvalue weighted by atomic mass is 9.63. The zero-order valence-electron chi connectivity index (χ0n) is 22.6. The quantitative estimate of drug-likeness (QED) is 0.114. The maximum absolute atomic E-state index is 13.9. The Kier molecular flexibility index (Phi) is 6.71. The Bertz CT molecular complexity index is 1690. The monoisotopic (exact) mass is 614 g/mol. The molecule has 1 aliphatic heterocycles. The van der Waals surface area contributed by atoms with Gasteiger partial charge < -0.3 is 4.74 Å². The Morgan fingerprint density at radius 1 is 0.814 bits per heavy atom. The largest absolute Gasteiger partial charge is 0.423 e. The molecule has 0 radical (unpaired) electrons. The van der Waals surface area contributed by atoms with Gasteiger partial charge in [-0.25, -0.2) is 9.80 Å².